The minimum absolute atomic E-state index is 0.128. The van der Waals surface area contributed by atoms with Gasteiger partial charge in [-0.3, -0.25) is 9.59 Å². The number of aliphatic hydroxyl groups is 2. The number of nitrogens with one attached hydrogen (secondary N) is 4. The van der Waals surface area contributed by atoms with Gasteiger partial charge in [-0.2, -0.15) is 0 Å². The fourth-order valence-electron chi connectivity index (χ4n) is 11.2. The van der Waals surface area contributed by atoms with E-state index in [1.54, 1.807) is 39.6 Å². The summed E-state index contributed by atoms with van der Waals surface area (Å²) in [6, 6.07) is 9.49. The van der Waals surface area contributed by atoms with E-state index in [2.05, 4.69) is 101 Å². The van der Waals surface area contributed by atoms with E-state index in [1.165, 1.54) is 99.2 Å². The summed E-state index contributed by atoms with van der Waals surface area (Å²) in [5.41, 5.74) is 2.48. The number of benzene rings is 2. The van der Waals surface area contributed by atoms with Crippen LogP contribution < -0.4 is 21.3 Å². The number of carbonyl (C=O) groups excluding carboxylic acids is 2. The predicted molar refractivity (Wildman–Crippen MR) is 324 cm³/mol. The van der Waals surface area contributed by atoms with Crippen molar-refractivity contribution in [2.45, 2.75) is 213 Å². The average Bonchev–Trinajstić information content (AvgIpc) is 4.09. The molecule has 434 valence electrons. The summed E-state index contributed by atoms with van der Waals surface area (Å²) >= 11 is 4.97. The van der Waals surface area contributed by atoms with Gasteiger partial charge >= 0.3 is 108 Å². The molecule has 4 aromatic rings. The van der Waals surface area contributed by atoms with Crippen LogP contribution in [0.4, 0.5) is 17.6 Å². The maximum Gasteiger partial charge on any atom is 0.217 e. The molecule has 2 fully saturated rings. The standard InChI is InChI=1S/C25H32F2N2O2S.C22H27BrF2N2O2S.3C4H9.C3H5.Sn/c1-16(2)19-12-24(32-15-19)25(7-5-4-6-8-25)28-14-23(31)22(29-17(3)30)11-18-9-20(26)13-21(27)10-18;1-14(28)27-19(9-15-7-17(24)11-18(25)8-15)20(29)12-26-22(5-3-2-4-6-22)21-10-16(23)13-30-21;3*1-3-4-2;1-3-2;/h9-10,12-13,15,22-23,28,31H,1,4-8,11,14H2,2-3H3,(H,29,30);7-8,10-11,13,19-20,26,29H,2-6,9,12H2,1H3,(H,27,28);3*1,3-4H2,2H3;1H2,2H3;/t22-,23+;19-,20+;;;;;/m00...../s1. The Balaban J connectivity index is 0.000000267. The van der Waals surface area contributed by atoms with E-state index in [-0.39, 0.29) is 48.8 Å². The molecule has 0 spiro atoms. The normalized spacial score (nSPS) is 16.5. The second-order valence-corrected chi connectivity index (χ2v) is 39.0. The quantitative estimate of drug-likeness (QED) is 0.0261. The third-order valence-electron chi connectivity index (χ3n) is 15.7. The van der Waals surface area contributed by atoms with Crippen LogP contribution in [0, 0.1) is 23.3 Å². The van der Waals surface area contributed by atoms with Crippen LogP contribution in [-0.4, -0.2) is 77.8 Å². The number of carbonyl (C=O) groups is 2. The van der Waals surface area contributed by atoms with Crippen LogP contribution in [0.1, 0.15) is 178 Å². The summed E-state index contributed by atoms with van der Waals surface area (Å²) in [6.45, 7) is 23.0. The molecule has 2 heterocycles. The van der Waals surface area contributed by atoms with E-state index in [4.69, 9.17) is 0 Å². The topological polar surface area (TPSA) is 123 Å². The SMILES string of the molecule is C=C(C)c1csc(C2(NC[C@@H](O)[C@H](Cc3cc(F)cc(F)c3)NC(C)=O)CCCCC2)c1.C=[C](C)[Sn]([CH2]CCC)([CH2]CCC)[CH2]CCC.CC(=O)N[C@@H](Cc1cc(F)cc(F)c1)[C@H](O)CNC1(c2cc(Br)cs2)CCCCC1. The number of aliphatic hydroxyl groups excluding tert-OH is 2. The fraction of sp³-hybridized carbons (Fsp3) is 0.581. The zero-order chi connectivity index (χ0) is 57.5. The van der Waals surface area contributed by atoms with Gasteiger partial charge in [0.05, 0.1) is 35.4 Å². The molecule has 8 nitrogen and oxygen atoms in total. The number of unbranched alkanes of at least 4 members (excludes halogenated alkanes) is 3. The summed E-state index contributed by atoms with van der Waals surface area (Å²) in [6.07, 6.45) is 17.6. The fourth-order valence-corrected chi connectivity index (χ4v) is 28.7. The first kappa shape index (κ1) is 67.6. The van der Waals surface area contributed by atoms with Gasteiger partial charge < -0.3 is 31.5 Å². The van der Waals surface area contributed by atoms with Gasteiger partial charge in [-0.15, -0.1) is 22.7 Å². The monoisotopic (exact) mass is 1290 g/mol. The Morgan fingerprint density at radius 1 is 0.603 bits per heavy atom. The molecule has 0 radical (unpaired) electrons. The Hall–Kier alpha value is -2.90. The van der Waals surface area contributed by atoms with E-state index in [0.29, 0.717) is 11.1 Å². The molecule has 2 aliphatic rings. The van der Waals surface area contributed by atoms with E-state index in [1.807, 2.05) is 6.92 Å². The van der Waals surface area contributed by atoms with Crippen molar-refractivity contribution >= 4 is 74.4 Å². The average molecular weight is 1300 g/mol. The molecule has 2 amide bonds. The second-order valence-electron chi connectivity index (χ2n) is 22.2. The van der Waals surface area contributed by atoms with E-state index >= 15 is 0 Å². The second kappa shape index (κ2) is 33.9. The summed E-state index contributed by atoms with van der Waals surface area (Å²) < 4.78 is 61.8. The van der Waals surface area contributed by atoms with Gasteiger partial charge in [-0.05, 0) is 120 Å². The van der Waals surface area contributed by atoms with Crippen molar-refractivity contribution in [2.24, 2.45) is 0 Å². The van der Waals surface area contributed by atoms with Gasteiger partial charge in [0.2, 0.25) is 11.8 Å². The molecule has 6 N–H and O–H groups in total. The van der Waals surface area contributed by atoms with E-state index < -0.39 is 65.9 Å². The summed E-state index contributed by atoms with van der Waals surface area (Å²) in [5.74, 6) is -3.32. The van der Waals surface area contributed by atoms with Crippen molar-refractivity contribution in [1.82, 2.24) is 21.3 Å². The first-order valence-corrected chi connectivity index (χ1v) is 38.6. The van der Waals surface area contributed by atoms with Gasteiger partial charge in [-0.25, -0.2) is 17.6 Å². The van der Waals surface area contributed by atoms with E-state index in [9.17, 15) is 37.4 Å². The minimum Gasteiger partial charge on any atom is -0.390 e. The molecule has 2 aliphatic carbocycles. The van der Waals surface area contributed by atoms with Crippen molar-refractivity contribution in [3.8, 4) is 0 Å². The maximum absolute atomic E-state index is 13.6. The zero-order valence-corrected chi connectivity index (χ0v) is 53.8. The summed E-state index contributed by atoms with van der Waals surface area (Å²) in [5, 5.41) is 38.7. The molecule has 2 aromatic carbocycles. The van der Waals surface area contributed by atoms with Gasteiger partial charge in [-0.1, -0.05) is 50.7 Å². The molecule has 0 aliphatic heterocycles. The minimum atomic E-state index is -1.94. The zero-order valence-electron chi connectivity index (χ0n) is 47.7. The van der Waals surface area contributed by atoms with Crippen molar-refractivity contribution in [3.63, 3.8) is 0 Å². The van der Waals surface area contributed by atoms with Crippen LogP contribution in [0.25, 0.3) is 5.57 Å². The molecule has 78 heavy (non-hydrogen) atoms. The van der Waals surface area contributed by atoms with Crippen molar-refractivity contribution < 1.29 is 37.4 Å². The Labute approximate surface area is 485 Å². The Bertz CT molecular complexity index is 2430. The maximum atomic E-state index is 13.6. The molecule has 2 aromatic heterocycles. The number of hydrogen-bond acceptors (Lipinski definition) is 8. The molecule has 6 rings (SSSR count). The van der Waals surface area contributed by atoms with Crippen LogP contribution in [-0.2, 0) is 33.5 Å². The van der Waals surface area contributed by atoms with Crippen molar-refractivity contribution in [1.29, 1.82) is 0 Å². The number of halogens is 5. The number of amides is 2. The molecular formula is C62H91BrF4N4O4S2Sn. The van der Waals surface area contributed by atoms with Gasteiger partial charge in [0.15, 0.2) is 0 Å². The van der Waals surface area contributed by atoms with Crippen LogP contribution in [0.3, 0.4) is 0 Å². The Morgan fingerprint density at radius 3 is 1.28 bits per heavy atom. The van der Waals surface area contributed by atoms with Crippen molar-refractivity contribution in [2.75, 3.05) is 13.1 Å². The molecule has 16 heteroatoms. The molecule has 2 saturated carbocycles. The first-order valence-electron chi connectivity index (χ1n) is 28.5. The van der Waals surface area contributed by atoms with Gasteiger partial charge in [0.25, 0.3) is 0 Å². The van der Waals surface area contributed by atoms with E-state index in [0.717, 1.165) is 79.1 Å². The summed E-state index contributed by atoms with van der Waals surface area (Å²) in [4.78, 5) is 25.9. The number of thiophene rings is 2. The third-order valence-corrected chi connectivity index (χ3v) is 35.1. The first-order chi connectivity index (χ1) is 37.1. The smallest absolute Gasteiger partial charge is 0.217 e. The van der Waals surface area contributed by atoms with Crippen LogP contribution in [0.5, 0.6) is 0 Å². The largest absolute Gasteiger partial charge is 0.390 e. The summed E-state index contributed by atoms with van der Waals surface area (Å²) in [7, 11) is 0. The Kier molecular flexibility index (Phi) is 29.4. The molecule has 4 atom stereocenters. The number of hydrogen-bond donors (Lipinski definition) is 6. The Morgan fingerprint density at radius 2 is 0.974 bits per heavy atom. The molecule has 0 bridgehead atoms. The van der Waals surface area contributed by atoms with Crippen LogP contribution in [0.2, 0.25) is 13.3 Å². The van der Waals surface area contributed by atoms with Gasteiger partial charge in [0, 0.05) is 58.7 Å². The molecule has 0 unspecified atom stereocenters. The van der Waals surface area contributed by atoms with Crippen LogP contribution >= 0.6 is 38.6 Å². The number of allylic oxidation sites excluding steroid dienone is 2. The van der Waals surface area contributed by atoms with Crippen LogP contribution in [0.15, 0.2) is 80.5 Å². The molecule has 0 saturated heterocycles. The molecular weight excluding hydrogens is 1200 g/mol. The third kappa shape index (κ3) is 21.8. The van der Waals surface area contributed by atoms with Gasteiger partial charge in [0.1, 0.15) is 23.3 Å². The predicted octanol–water partition coefficient (Wildman–Crippen LogP) is 15.5. The van der Waals surface area contributed by atoms with Crippen molar-refractivity contribution in [3.05, 3.63) is 130 Å². The number of rotatable bonds is 27.